The van der Waals surface area contributed by atoms with Crippen molar-refractivity contribution in [2.75, 3.05) is 13.3 Å². The van der Waals surface area contributed by atoms with Crippen molar-refractivity contribution in [3.63, 3.8) is 0 Å². The lowest BCUT2D eigenvalue weighted by Gasteiger charge is -2.41. The van der Waals surface area contributed by atoms with E-state index < -0.39 is 27.8 Å². The molecule has 0 aromatic heterocycles. The van der Waals surface area contributed by atoms with Gasteiger partial charge in [-0.15, -0.1) is 4.67 Å². The summed E-state index contributed by atoms with van der Waals surface area (Å²) in [7, 11) is -5.08. The van der Waals surface area contributed by atoms with Gasteiger partial charge in [0, 0.05) is 18.5 Å². The van der Waals surface area contributed by atoms with Crippen LogP contribution in [0.5, 0.6) is 0 Å². The Morgan fingerprint density at radius 2 is 1.78 bits per heavy atom. The van der Waals surface area contributed by atoms with Gasteiger partial charge < -0.3 is 14.4 Å². The fourth-order valence-corrected chi connectivity index (χ4v) is 2.84. The Hall–Kier alpha value is 0.247. The number of rotatable bonds is 7. The van der Waals surface area contributed by atoms with Gasteiger partial charge >= 0.3 is 7.60 Å². The molecule has 0 saturated carbocycles. The van der Waals surface area contributed by atoms with E-state index in [4.69, 9.17) is 9.32 Å². The predicted molar refractivity (Wildman–Crippen MR) is 71.8 cm³/mol. The van der Waals surface area contributed by atoms with Crippen LogP contribution in [0.1, 0.15) is 27.2 Å². The molecular formula is C10H25O6PSi. The molecule has 110 valence electrons. The molecule has 0 radical (unpaired) electrons. The summed E-state index contributed by atoms with van der Waals surface area (Å²) in [5, 5.41) is 10.5. The third-order valence-electron chi connectivity index (χ3n) is 2.32. The summed E-state index contributed by atoms with van der Waals surface area (Å²) in [6, 6.07) is 0. The van der Waals surface area contributed by atoms with Crippen LogP contribution in [0, 0.1) is 5.41 Å². The maximum atomic E-state index is 10.8. The average Bonchev–Trinajstić information content (AvgIpc) is 2.08. The number of hydrogen-bond donors (Lipinski definition) is 2. The molecule has 6 nitrogen and oxygen atoms in total. The normalized spacial score (nSPS) is 19.6. The molecular weight excluding hydrogens is 275 g/mol. The molecule has 0 aliphatic rings. The van der Waals surface area contributed by atoms with Crippen molar-refractivity contribution in [2.24, 2.45) is 5.41 Å². The molecule has 0 aliphatic heterocycles. The molecule has 18 heavy (non-hydrogen) atoms. The van der Waals surface area contributed by atoms with Gasteiger partial charge in [0.2, 0.25) is 0 Å². The molecule has 0 rings (SSSR count). The summed E-state index contributed by atoms with van der Waals surface area (Å²) in [5.74, 6) is -1.33. The molecule has 2 atom stereocenters. The molecule has 0 bridgehead atoms. The highest BCUT2D eigenvalue weighted by atomic mass is 31.2. The van der Waals surface area contributed by atoms with Crippen LogP contribution in [0.25, 0.3) is 0 Å². The van der Waals surface area contributed by atoms with E-state index in [9.17, 15) is 9.67 Å². The molecule has 0 aliphatic carbocycles. The second-order valence-electron chi connectivity index (χ2n) is 5.65. The van der Waals surface area contributed by atoms with Crippen molar-refractivity contribution in [1.29, 1.82) is 0 Å². The van der Waals surface area contributed by atoms with Crippen molar-refractivity contribution >= 4 is 16.6 Å². The Kier molecular flexibility index (Phi) is 6.70. The summed E-state index contributed by atoms with van der Waals surface area (Å²) in [6.07, 6.45) is 0.168. The zero-order chi connectivity index (χ0) is 14.6. The maximum Gasteiger partial charge on any atom is 0.352 e. The molecule has 0 saturated heterocycles. The van der Waals surface area contributed by atoms with Crippen LogP contribution in [0.2, 0.25) is 13.1 Å². The summed E-state index contributed by atoms with van der Waals surface area (Å²) >= 11 is 0. The minimum Gasteiger partial charge on any atom is -0.394 e. The van der Waals surface area contributed by atoms with E-state index >= 15 is 0 Å². The topological polar surface area (TPSA) is 85.2 Å². The van der Waals surface area contributed by atoms with Crippen LogP contribution in [0.15, 0.2) is 0 Å². The van der Waals surface area contributed by atoms with Gasteiger partial charge in [-0.3, -0.25) is 4.57 Å². The second kappa shape index (κ2) is 6.61. The van der Waals surface area contributed by atoms with E-state index in [1.165, 1.54) is 0 Å². The van der Waals surface area contributed by atoms with Crippen LogP contribution in [-0.4, -0.2) is 38.1 Å². The monoisotopic (exact) mass is 300 g/mol. The van der Waals surface area contributed by atoms with Gasteiger partial charge in [0.15, 0.2) is 14.8 Å². The first kappa shape index (κ1) is 18.2. The summed E-state index contributed by atoms with van der Waals surface area (Å²) < 4.78 is 20.8. The average molecular weight is 300 g/mol. The minimum atomic E-state index is -3.65. The molecule has 0 fully saturated rings. The van der Waals surface area contributed by atoms with Gasteiger partial charge in [-0.25, -0.2) is 4.89 Å². The van der Waals surface area contributed by atoms with Gasteiger partial charge in [-0.05, 0) is 13.1 Å². The SMILES string of the molecule is C[SiH](C)OC(O)(CCOOP(C)(=O)O)C(C)(C)C. The summed E-state index contributed by atoms with van der Waals surface area (Å²) in [5.41, 5.74) is -0.483. The summed E-state index contributed by atoms with van der Waals surface area (Å²) in [4.78, 5) is 13.5. The van der Waals surface area contributed by atoms with Gasteiger partial charge in [0.1, 0.15) is 0 Å². The van der Waals surface area contributed by atoms with Crippen molar-refractivity contribution in [2.45, 2.75) is 46.1 Å². The Morgan fingerprint density at radius 3 is 2.11 bits per heavy atom. The van der Waals surface area contributed by atoms with Crippen molar-refractivity contribution in [1.82, 2.24) is 0 Å². The van der Waals surface area contributed by atoms with Gasteiger partial charge in [-0.1, -0.05) is 20.8 Å². The first-order chi connectivity index (χ1) is 7.87. The largest absolute Gasteiger partial charge is 0.394 e. The third-order valence-corrected chi connectivity index (χ3v) is 3.56. The fourth-order valence-electron chi connectivity index (χ4n) is 1.32. The van der Waals surface area contributed by atoms with Crippen LogP contribution >= 0.6 is 7.60 Å². The Bertz CT molecular complexity index is 297. The molecule has 0 aromatic carbocycles. The first-order valence-electron chi connectivity index (χ1n) is 5.89. The van der Waals surface area contributed by atoms with Gasteiger partial charge in [0.05, 0.1) is 6.61 Å². The third kappa shape index (κ3) is 6.99. The lowest BCUT2D eigenvalue weighted by molar-refractivity contribution is -0.260. The Balaban J connectivity index is 4.40. The van der Waals surface area contributed by atoms with E-state index in [2.05, 4.69) is 9.56 Å². The minimum absolute atomic E-state index is 0.0206. The molecule has 2 unspecified atom stereocenters. The van der Waals surface area contributed by atoms with Crippen LogP contribution in [0.3, 0.4) is 0 Å². The van der Waals surface area contributed by atoms with Crippen molar-refractivity contribution in [3.8, 4) is 0 Å². The Morgan fingerprint density at radius 1 is 1.28 bits per heavy atom. The standard InChI is InChI=1S/C10H25O6PSi/c1-9(2,3)10(11,15-18(5)6)7-8-14-16-17(4,12)13/h11,18H,7-8H2,1-6H3,(H,12,13). The van der Waals surface area contributed by atoms with Gasteiger partial charge in [-0.2, -0.15) is 0 Å². The highest BCUT2D eigenvalue weighted by molar-refractivity contribution is 7.51. The zero-order valence-corrected chi connectivity index (χ0v) is 14.0. The highest BCUT2D eigenvalue weighted by Crippen LogP contribution is 2.38. The molecule has 8 heteroatoms. The smallest absolute Gasteiger partial charge is 0.352 e. The van der Waals surface area contributed by atoms with E-state index in [1.54, 1.807) is 0 Å². The van der Waals surface area contributed by atoms with Crippen LogP contribution < -0.4 is 0 Å². The van der Waals surface area contributed by atoms with E-state index in [0.717, 1.165) is 6.66 Å². The van der Waals surface area contributed by atoms with Gasteiger partial charge in [0.25, 0.3) is 0 Å². The van der Waals surface area contributed by atoms with Crippen LogP contribution in [-0.2, 0) is 18.6 Å². The summed E-state index contributed by atoms with van der Waals surface area (Å²) in [6.45, 7) is 10.5. The fraction of sp³-hybridized carbons (Fsp3) is 1.00. The van der Waals surface area contributed by atoms with E-state index in [-0.39, 0.29) is 13.0 Å². The second-order valence-corrected chi connectivity index (χ2v) is 9.74. The first-order valence-corrected chi connectivity index (χ1v) is 10.7. The predicted octanol–water partition coefficient (Wildman–Crippen LogP) is 1.87. The van der Waals surface area contributed by atoms with Crippen molar-refractivity contribution in [3.05, 3.63) is 0 Å². The van der Waals surface area contributed by atoms with Crippen molar-refractivity contribution < 1.29 is 28.6 Å². The van der Waals surface area contributed by atoms with Crippen LogP contribution in [0.4, 0.5) is 0 Å². The Labute approximate surface area is 110 Å². The molecule has 0 heterocycles. The quantitative estimate of drug-likeness (QED) is 0.186. The lowest BCUT2D eigenvalue weighted by atomic mass is 9.84. The van der Waals surface area contributed by atoms with E-state index in [1.807, 2.05) is 33.9 Å². The highest BCUT2D eigenvalue weighted by Gasteiger charge is 2.41. The zero-order valence-electron chi connectivity index (χ0n) is 12.0. The maximum absolute atomic E-state index is 10.8. The lowest BCUT2D eigenvalue weighted by Crippen LogP contribution is -2.48. The van der Waals surface area contributed by atoms with E-state index in [0.29, 0.717) is 0 Å². The molecule has 0 aromatic rings. The molecule has 0 amide bonds. The molecule has 0 spiro atoms. The number of hydrogen-bond acceptors (Lipinski definition) is 5. The molecule has 2 N–H and O–H groups in total. The number of aliphatic hydroxyl groups is 1.